The molecule has 0 N–H and O–H groups in total. The lowest BCUT2D eigenvalue weighted by molar-refractivity contribution is -0.137. The average molecular weight is 439 g/mol. The molecule has 1 atom stereocenters. The summed E-state index contributed by atoms with van der Waals surface area (Å²) in [7, 11) is -0.452. The largest absolute Gasteiger partial charge is 0.343 e. The number of benzene rings is 2. The van der Waals surface area contributed by atoms with Gasteiger partial charge in [0.05, 0.1) is 6.33 Å². The lowest BCUT2D eigenvalue weighted by atomic mass is 9.96. The van der Waals surface area contributed by atoms with E-state index in [9.17, 15) is 13.2 Å². The summed E-state index contributed by atoms with van der Waals surface area (Å²) in [6.07, 6.45) is 3.22. The highest BCUT2D eigenvalue weighted by molar-refractivity contribution is 7.89. The van der Waals surface area contributed by atoms with Crippen molar-refractivity contribution in [3.63, 3.8) is 0 Å². The molecule has 2 heterocycles. The second-order valence-corrected chi connectivity index (χ2v) is 9.83. The van der Waals surface area contributed by atoms with Gasteiger partial charge in [0, 0.05) is 33.4 Å². The Morgan fingerprint density at radius 2 is 1.84 bits per heavy atom. The molecule has 7 nitrogen and oxygen atoms in total. The zero-order valence-corrected chi connectivity index (χ0v) is 18.7. The van der Waals surface area contributed by atoms with Gasteiger partial charge in [0.1, 0.15) is 6.04 Å². The van der Waals surface area contributed by atoms with E-state index >= 15 is 0 Å². The van der Waals surface area contributed by atoms with E-state index in [4.69, 9.17) is 0 Å². The molecule has 0 bridgehead atoms. The molecular formula is C23H26N4O3S. The lowest BCUT2D eigenvalue weighted by Crippen LogP contribution is -2.58. The second-order valence-electron chi connectivity index (χ2n) is 7.99. The molecule has 4 rings (SSSR count). The number of hydrogen-bond donors (Lipinski definition) is 0. The molecule has 0 spiro atoms. The van der Waals surface area contributed by atoms with Crippen LogP contribution in [0.3, 0.4) is 0 Å². The van der Waals surface area contributed by atoms with Crippen LogP contribution < -0.4 is 0 Å². The molecule has 0 aliphatic carbocycles. The van der Waals surface area contributed by atoms with Crippen molar-refractivity contribution in [2.45, 2.75) is 24.4 Å². The van der Waals surface area contributed by atoms with Crippen LogP contribution in [0.15, 0.2) is 66.1 Å². The molecule has 1 unspecified atom stereocenters. The molecule has 8 heteroatoms. The Kier molecular flexibility index (Phi) is 5.68. The molecule has 1 aliphatic rings. The van der Waals surface area contributed by atoms with Crippen LogP contribution in [0.1, 0.15) is 11.1 Å². The van der Waals surface area contributed by atoms with Crippen molar-refractivity contribution in [1.82, 2.24) is 18.8 Å². The number of aromatic nitrogens is 2. The van der Waals surface area contributed by atoms with Gasteiger partial charge < -0.3 is 9.47 Å². The maximum Gasteiger partial charge on any atom is 0.262 e. The van der Waals surface area contributed by atoms with Crippen molar-refractivity contribution < 1.29 is 13.2 Å². The first-order valence-corrected chi connectivity index (χ1v) is 11.6. The van der Waals surface area contributed by atoms with Gasteiger partial charge in [-0.05, 0) is 35.6 Å². The van der Waals surface area contributed by atoms with Crippen LogP contribution in [-0.2, 0) is 28.3 Å². The quantitative estimate of drug-likeness (QED) is 0.613. The van der Waals surface area contributed by atoms with E-state index in [-0.39, 0.29) is 17.5 Å². The number of imidazole rings is 1. The van der Waals surface area contributed by atoms with Crippen molar-refractivity contribution in [1.29, 1.82) is 0 Å². The third-order valence-corrected chi connectivity index (χ3v) is 7.52. The Balaban J connectivity index is 1.68. The van der Waals surface area contributed by atoms with Crippen LogP contribution >= 0.6 is 0 Å². The number of amides is 1. The summed E-state index contributed by atoms with van der Waals surface area (Å²) in [6, 6.07) is 15.3. The summed E-state index contributed by atoms with van der Waals surface area (Å²) in [5, 5.41) is -0.0361. The number of carbonyl (C=O) groups excluding carboxylic acids is 1. The molecule has 1 aromatic heterocycles. The second kappa shape index (κ2) is 8.28. The van der Waals surface area contributed by atoms with Gasteiger partial charge in [-0.2, -0.15) is 4.31 Å². The zero-order valence-electron chi connectivity index (χ0n) is 17.9. The van der Waals surface area contributed by atoms with Gasteiger partial charge in [0.15, 0.2) is 5.03 Å². The molecule has 0 saturated carbocycles. The molecule has 2 aromatic carbocycles. The van der Waals surface area contributed by atoms with Crippen LogP contribution in [0.2, 0.25) is 0 Å². The molecule has 1 amide bonds. The number of piperazine rings is 1. The molecule has 1 aliphatic heterocycles. The van der Waals surface area contributed by atoms with Gasteiger partial charge in [-0.3, -0.25) is 4.79 Å². The van der Waals surface area contributed by atoms with E-state index < -0.39 is 16.1 Å². The fourth-order valence-electron chi connectivity index (χ4n) is 4.00. The van der Waals surface area contributed by atoms with Crippen molar-refractivity contribution in [3.05, 3.63) is 72.2 Å². The predicted molar refractivity (Wildman–Crippen MR) is 119 cm³/mol. The Morgan fingerprint density at radius 3 is 2.55 bits per heavy atom. The molecule has 3 aromatic rings. The normalized spacial score (nSPS) is 17.8. The van der Waals surface area contributed by atoms with Gasteiger partial charge in [-0.25, -0.2) is 13.4 Å². The summed E-state index contributed by atoms with van der Waals surface area (Å²) in [6.45, 7) is 2.65. The Labute approximate surface area is 183 Å². The van der Waals surface area contributed by atoms with Crippen molar-refractivity contribution >= 4 is 15.9 Å². The Morgan fingerprint density at radius 1 is 1.06 bits per heavy atom. The van der Waals surface area contributed by atoms with Crippen LogP contribution in [0, 0.1) is 6.92 Å². The standard InChI is InChI=1S/C23H26N4O3S/c1-17-7-4-5-10-20(17)19-9-6-8-18(13-19)14-21-23(28)26(3)11-12-27(21)31(29,30)22-15-25(2)16-24-22/h4-10,13,15-16,21H,11-12,14H2,1-3H3. The molecule has 1 saturated heterocycles. The fourth-order valence-corrected chi connectivity index (χ4v) is 5.54. The van der Waals surface area contributed by atoms with E-state index in [1.807, 2.05) is 36.4 Å². The highest BCUT2D eigenvalue weighted by Gasteiger charge is 2.41. The highest BCUT2D eigenvalue weighted by Crippen LogP contribution is 2.27. The highest BCUT2D eigenvalue weighted by atomic mass is 32.2. The molecule has 0 radical (unpaired) electrons. The first-order valence-electron chi connectivity index (χ1n) is 10.2. The first-order chi connectivity index (χ1) is 14.8. The number of carbonyl (C=O) groups is 1. The molecule has 162 valence electrons. The molecule has 1 fully saturated rings. The predicted octanol–water partition coefficient (Wildman–Crippen LogP) is 2.47. The Hall–Kier alpha value is -2.97. The topological polar surface area (TPSA) is 75.5 Å². The van der Waals surface area contributed by atoms with Gasteiger partial charge in [0.25, 0.3) is 10.0 Å². The molecule has 31 heavy (non-hydrogen) atoms. The van der Waals surface area contributed by atoms with E-state index in [1.165, 1.54) is 16.8 Å². The van der Waals surface area contributed by atoms with Gasteiger partial charge in [-0.1, -0.05) is 48.5 Å². The van der Waals surface area contributed by atoms with Crippen LogP contribution in [0.5, 0.6) is 0 Å². The van der Waals surface area contributed by atoms with Gasteiger partial charge in [-0.15, -0.1) is 0 Å². The fraction of sp³-hybridized carbons (Fsp3) is 0.304. The number of nitrogens with zero attached hydrogens (tertiary/aromatic N) is 4. The van der Waals surface area contributed by atoms with E-state index in [0.29, 0.717) is 13.0 Å². The third-order valence-electron chi connectivity index (χ3n) is 5.73. The average Bonchev–Trinajstić information content (AvgIpc) is 3.19. The number of sulfonamides is 1. The van der Waals surface area contributed by atoms with Crippen LogP contribution in [0.25, 0.3) is 11.1 Å². The maximum absolute atomic E-state index is 13.3. The zero-order chi connectivity index (χ0) is 22.2. The van der Waals surface area contributed by atoms with Crippen molar-refractivity contribution in [2.24, 2.45) is 7.05 Å². The first kappa shape index (κ1) is 21.3. The summed E-state index contributed by atoms with van der Waals surface area (Å²) in [5.41, 5.74) is 4.24. The van der Waals surface area contributed by atoms with Crippen molar-refractivity contribution in [2.75, 3.05) is 20.1 Å². The number of aryl methyl sites for hydroxylation is 2. The van der Waals surface area contributed by atoms with Crippen LogP contribution in [0.4, 0.5) is 0 Å². The SMILES string of the molecule is Cc1ccccc1-c1cccc(CC2C(=O)N(C)CCN2S(=O)(=O)c2cn(C)cn2)c1. The smallest absolute Gasteiger partial charge is 0.262 e. The summed E-state index contributed by atoms with van der Waals surface area (Å²) in [5.74, 6) is -0.202. The molecular weight excluding hydrogens is 412 g/mol. The van der Waals surface area contributed by atoms with E-state index in [1.54, 1.807) is 23.6 Å². The minimum Gasteiger partial charge on any atom is -0.343 e. The minimum atomic E-state index is -3.88. The Bertz CT molecular complexity index is 1220. The van der Waals surface area contributed by atoms with Gasteiger partial charge >= 0.3 is 0 Å². The van der Waals surface area contributed by atoms with Crippen LogP contribution in [-0.4, -0.2) is 59.3 Å². The minimum absolute atomic E-state index is 0.0361. The number of rotatable bonds is 5. The summed E-state index contributed by atoms with van der Waals surface area (Å²) in [4.78, 5) is 18.6. The third kappa shape index (κ3) is 4.13. The van der Waals surface area contributed by atoms with Gasteiger partial charge in [0.2, 0.25) is 5.91 Å². The summed E-state index contributed by atoms with van der Waals surface area (Å²) < 4.78 is 29.4. The lowest BCUT2D eigenvalue weighted by Gasteiger charge is -2.37. The number of hydrogen-bond acceptors (Lipinski definition) is 4. The van der Waals surface area contributed by atoms with Crippen molar-refractivity contribution in [3.8, 4) is 11.1 Å². The maximum atomic E-state index is 13.3. The number of likely N-dealkylation sites (N-methyl/N-ethyl adjacent to an activating group) is 1. The van der Waals surface area contributed by atoms with E-state index in [2.05, 4.69) is 24.0 Å². The summed E-state index contributed by atoms with van der Waals surface area (Å²) >= 11 is 0. The van der Waals surface area contributed by atoms with E-state index in [0.717, 1.165) is 22.3 Å². The monoisotopic (exact) mass is 438 g/mol.